The van der Waals surface area contributed by atoms with Crippen LogP contribution >= 0.6 is 0 Å². The molecule has 0 saturated heterocycles. The van der Waals surface area contributed by atoms with Gasteiger partial charge in [-0.3, -0.25) is 4.79 Å². The van der Waals surface area contributed by atoms with Crippen molar-refractivity contribution in [3.63, 3.8) is 0 Å². The highest BCUT2D eigenvalue weighted by molar-refractivity contribution is 6.00. The fourth-order valence-corrected chi connectivity index (χ4v) is 3.71. The first kappa shape index (κ1) is 19.9. The van der Waals surface area contributed by atoms with Crippen LogP contribution in [0.5, 0.6) is 5.88 Å². The summed E-state index contributed by atoms with van der Waals surface area (Å²) < 4.78 is 6.86. The number of hydrogen-bond acceptors (Lipinski definition) is 8. The Hall–Kier alpha value is -3.40. The van der Waals surface area contributed by atoms with Gasteiger partial charge in [0.05, 0.1) is 19.4 Å². The maximum Gasteiger partial charge on any atom is 0.256 e. The number of pyridine rings is 1. The summed E-state index contributed by atoms with van der Waals surface area (Å²) in [6, 6.07) is 5.35. The molecule has 4 N–H and O–H groups in total. The number of ether oxygens (including phenoxy) is 1. The number of rotatable bonds is 6. The van der Waals surface area contributed by atoms with Gasteiger partial charge in [-0.05, 0) is 37.8 Å². The molecule has 3 aromatic heterocycles. The van der Waals surface area contributed by atoms with Crippen molar-refractivity contribution in [3.05, 3.63) is 36.2 Å². The average Bonchev–Trinajstić information content (AvgIpc) is 3.17. The van der Waals surface area contributed by atoms with Gasteiger partial charge in [-0.25, -0.2) is 9.97 Å². The van der Waals surface area contributed by atoms with Gasteiger partial charge in [0.2, 0.25) is 5.88 Å². The third kappa shape index (κ3) is 3.99. The zero-order valence-corrected chi connectivity index (χ0v) is 16.9. The Morgan fingerprint density at radius 1 is 1.37 bits per heavy atom. The van der Waals surface area contributed by atoms with E-state index in [1.165, 1.54) is 6.20 Å². The van der Waals surface area contributed by atoms with Gasteiger partial charge in [0.1, 0.15) is 22.9 Å². The van der Waals surface area contributed by atoms with Crippen LogP contribution in [0.1, 0.15) is 36.0 Å². The quantitative estimate of drug-likeness (QED) is 0.485. The molecule has 0 aliphatic heterocycles. The number of aromatic nitrogens is 4. The molecule has 1 aliphatic rings. The van der Waals surface area contributed by atoms with Crippen LogP contribution in [0.3, 0.4) is 0 Å². The summed E-state index contributed by atoms with van der Waals surface area (Å²) in [6.45, 7) is 0. The van der Waals surface area contributed by atoms with Gasteiger partial charge in [0.15, 0.2) is 5.65 Å². The van der Waals surface area contributed by atoms with Crippen LogP contribution in [0.2, 0.25) is 0 Å². The highest BCUT2D eigenvalue weighted by Crippen LogP contribution is 2.26. The Bertz CT molecular complexity index is 1050. The molecular weight excluding hydrogens is 386 g/mol. The number of aliphatic hydroxyl groups is 1. The van der Waals surface area contributed by atoms with Crippen molar-refractivity contribution in [2.45, 2.75) is 37.8 Å². The molecule has 4 rings (SSSR count). The molecule has 1 amide bonds. The molecule has 0 radical (unpaired) electrons. The van der Waals surface area contributed by atoms with E-state index in [1.807, 2.05) is 6.07 Å². The van der Waals surface area contributed by atoms with E-state index in [0.29, 0.717) is 40.8 Å². The molecule has 10 nitrogen and oxygen atoms in total. The molecule has 2 atom stereocenters. The lowest BCUT2D eigenvalue weighted by Gasteiger charge is -2.26. The molecule has 1 saturated carbocycles. The number of hydrogen-bond donors (Lipinski definition) is 4. The Morgan fingerprint density at radius 3 is 3.00 bits per heavy atom. The number of amides is 1. The van der Waals surface area contributed by atoms with Gasteiger partial charge in [-0.2, -0.15) is 9.61 Å². The first-order valence-electron chi connectivity index (χ1n) is 9.90. The van der Waals surface area contributed by atoms with Gasteiger partial charge in [0, 0.05) is 25.4 Å². The SMILES string of the molecule is CNc1cc(Nc2cccnc2OC)nc2c(C(=O)NC3CCCC(O)C3)cnn12. The van der Waals surface area contributed by atoms with Crippen LogP contribution in [0.4, 0.5) is 17.3 Å². The molecule has 10 heteroatoms. The first-order chi connectivity index (χ1) is 14.6. The largest absolute Gasteiger partial charge is 0.480 e. The second kappa shape index (κ2) is 8.54. The maximum atomic E-state index is 12.9. The van der Waals surface area contributed by atoms with E-state index in [2.05, 4.69) is 31.0 Å². The Labute approximate surface area is 173 Å². The van der Waals surface area contributed by atoms with Crippen molar-refractivity contribution in [2.75, 3.05) is 24.8 Å². The Morgan fingerprint density at radius 2 is 2.23 bits per heavy atom. The number of nitrogens with one attached hydrogen (secondary N) is 3. The molecule has 1 fully saturated rings. The van der Waals surface area contributed by atoms with Crippen molar-refractivity contribution in [1.82, 2.24) is 24.9 Å². The molecule has 1 aliphatic carbocycles. The Kier molecular flexibility index (Phi) is 5.66. The van der Waals surface area contributed by atoms with Gasteiger partial charge in [0.25, 0.3) is 5.91 Å². The maximum absolute atomic E-state index is 12.9. The minimum Gasteiger partial charge on any atom is -0.480 e. The highest BCUT2D eigenvalue weighted by atomic mass is 16.5. The summed E-state index contributed by atoms with van der Waals surface area (Å²) >= 11 is 0. The topological polar surface area (TPSA) is 126 Å². The van der Waals surface area contributed by atoms with Crippen LogP contribution in [-0.2, 0) is 0 Å². The molecule has 0 bridgehead atoms. The van der Waals surface area contributed by atoms with Crippen molar-refractivity contribution in [2.24, 2.45) is 0 Å². The number of methoxy groups -OCH3 is 1. The van der Waals surface area contributed by atoms with E-state index in [-0.39, 0.29) is 18.1 Å². The lowest BCUT2D eigenvalue weighted by molar-refractivity contribution is 0.0851. The number of carbonyl (C=O) groups is 1. The summed E-state index contributed by atoms with van der Waals surface area (Å²) in [5.41, 5.74) is 1.44. The van der Waals surface area contributed by atoms with Gasteiger partial charge in [-0.15, -0.1) is 0 Å². The van der Waals surface area contributed by atoms with Crippen molar-refractivity contribution < 1.29 is 14.6 Å². The fourth-order valence-electron chi connectivity index (χ4n) is 3.71. The van der Waals surface area contributed by atoms with Crippen LogP contribution in [0, 0.1) is 0 Å². The standard InChI is InChI=1S/C20H25N7O3/c1-21-17-10-16(25-15-7-4-8-22-20(15)30-2)26-18-14(11-23-27(17)18)19(29)24-12-5-3-6-13(28)9-12/h4,7-8,10-13,21,28H,3,5-6,9H2,1-2H3,(H,24,29)(H,25,26). The minimum absolute atomic E-state index is 0.0547. The van der Waals surface area contributed by atoms with Crippen LogP contribution in [0.15, 0.2) is 30.6 Å². The first-order valence-corrected chi connectivity index (χ1v) is 9.90. The number of fused-ring (bicyclic) bond motifs is 1. The van der Waals surface area contributed by atoms with E-state index in [4.69, 9.17) is 4.74 Å². The third-order valence-corrected chi connectivity index (χ3v) is 5.18. The second-order valence-electron chi connectivity index (χ2n) is 7.25. The molecular formula is C20H25N7O3. The van der Waals surface area contributed by atoms with Crippen molar-refractivity contribution >= 4 is 28.9 Å². The van der Waals surface area contributed by atoms with Crippen LogP contribution in [-0.4, -0.2) is 56.9 Å². The van der Waals surface area contributed by atoms with Crippen molar-refractivity contribution in [3.8, 4) is 5.88 Å². The number of nitrogens with zero attached hydrogens (tertiary/aromatic N) is 4. The minimum atomic E-state index is -0.368. The van der Waals surface area contributed by atoms with Gasteiger partial charge < -0.3 is 25.8 Å². The highest BCUT2D eigenvalue weighted by Gasteiger charge is 2.24. The molecule has 0 aromatic carbocycles. The number of carbonyl (C=O) groups excluding carboxylic acids is 1. The van der Waals surface area contributed by atoms with E-state index >= 15 is 0 Å². The third-order valence-electron chi connectivity index (χ3n) is 5.18. The fraction of sp³-hybridized carbons (Fsp3) is 0.400. The smallest absolute Gasteiger partial charge is 0.256 e. The predicted molar refractivity (Wildman–Crippen MR) is 112 cm³/mol. The Balaban J connectivity index is 1.65. The lowest BCUT2D eigenvalue weighted by atomic mass is 9.93. The molecule has 0 spiro atoms. The second-order valence-corrected chi connectivity index (χ2v) is 7.25. The molecule has 158 valence electrons. The summed E-state index contributed by atoms with van der Waals surface area (Å²) in [5, 5.41) is 23.5. The molecule has 2 unspecified atom stereocenters. The van der Waals surface area contributed by atoms with E-state index in [1.54, 1.807) is 37.0 Å². The number of anilines is 3. The van der Waals surface area contributed by atoms with E-state index in [9.17, 15) is 9.90 Å². The lowest BCUT2D eigenvalue weighted by Crippen LogP contribution is -2.39. The molecule has 30 heavy (non-hydrogen) atoms. The summed E-state index contributed by atoms with van der Waals surface area (Å²) in [7, 11) is 3.32. The van der Waals surface area contributed by atoms with E-state index < -0.39 is 0 Å². The average molecular weight is 411 g/mol. The molecule has 3 heterocycles. The van der Waals surface area contributed by atoms with Crippen LogP contribution < -0.4 is 20.7 Å². The van der Waals surface area contributed by atoms with Crippen LogP contribution in [0.25, 0.3) is 5.65 Å². The van der Waals surface area contributed by atoms with E-state index in [0.717, 1.165) is 19.3 Å². The number of aliphatic hydroxyl groups excluding tert-OH is 1. The molecule has 3 aromatic rings. The monoisotopic (exact) mass is 411 g/mol. The summed E-state index contributed by atoms with van der Waals surface area (Å²) in [4.78, 5) is 21.7. The van der Waals surface area contributed by atoms with Gasteiger partial charge >= 0.3 is 0 Å². The predicted octanol–water partition coefficient (Wildman–Crippen LogP) is 1.95. The van der Waals surface area contributed by atoms with Crippen molar-refractivity contribution in [1.29, 1.82) is 0 Å². The van der Waals surface area contributed by atoms with Gasteiger partial charge in [-0.1, -0.05) is 0 Å². The zero-order valence-electron chi connectivity index (χ0n) is 16.9. The summed E-state index contributed by atoms with van der Waals surface area (Å²) in [6.07, 6.45) is 5.87. The zero-order chi connectivity index (χ0) is 21.1. The normalized spacial score (nSPS) is 18.8. The summed E-state index contributed by atoms with van der Waals surface area (Å²) in [5.74, 6) is 1.36.